The molecule has 1 saturated heterocycles. The van der Waals surface area contributed by atoms with Crippen molar-refractivity contribution in [1.29, 1.82) is 0 Å². The number of nitrogens with zero attached hydrogens (tertiary/aromatic N) is 1. The first-order valence-corrected chi connectivity index (χ1v) is 7.03. The lowest BCUT2D eigenvalue weighted by Gasteiger charge is -2.25. The molecule has 2 heteroatoms. The Balaban J connectivity index is 2.05. The van der Waals surface area contributed by atoms with Gasteiger partial charge in [0, 0.05) is 25.2 Å². The van der Waals surface area contributed by atoms with E-state index >= 15 is 0 Å². The van der Waals surface area contributed by atoms with Crippen LogP contribution in [0, 0.1) is 19.8 Å². The van der Waals surface area contributed by atoms with Crippen molar-refractivity contribution in [1.82, 2.24) is 4.90 Å². The van der Waals surface area contributed by atoms with Crippen molar-refractivity contribution in [3.8, 4) is 0 Å². The maximum absolute atomic E-state index is 6.38. The molecule has 1 aliphatic rings. The zero-order chi connectivity index (χ0) is 13.3. The van der Waals surface area contributed by atoms with E-state index in [1.165, 1.54) is 29.7 Å². The molecule has 1 aromatic rings. The van der Waals surface area contributed by atoms with Gasteiger partial charge in [-0.3, -0.25) is 4.90 Å². The fraction of sp³-hybridized carbons (Fsp3) is 0.625. The van der Waals surface area contributed by atoms with Gasteiger partial charge in [-0.25, -0.2) is 0 Å². The minimum atomic E-state index is 0.136. The summed E-state index contributed by atoms with van der Waals surface area (Å²) >= 11 is 0. The third-order valence-corrected chi connectivity index (χ3v) is 4.02. The van der Waals surface area contributed by atoms with Crippen molar-refractivity contribution in [2.75, 3.05) is 13.1 Å². The quantitative estimate of drug-likeness (QED) is 0.888. The fourth-order valence-corrected chi connectivity index (χ4v) is 3.22. The highest BCUT2D eigenvalue weighted by atomic mass is 15.2. The molecule has 0 spiro atoms. The first-order valence-electron chi connectivity index (χ1n) is 7.03. The Kier molecular flexibility index (Phi) is 4.08. The van der Waals surface area contributed by atoms with Crippen LogP contribution in [0.4, 0.5) is 0 Å². The molecule has 1 aliphatic heterocycles. The third-order valence-electron chi connectivity index (χ3n) is 4.02. The lowest BCUT2D eigenvalue weighted by Crippen LogP contribution is -2.34. The van der Waals surface area contributed by atoms with Crippen LogP contribution in [0.3, 0.4) is 0 Å². The standard InChI is InChI=1S/C16H26N2/c1-11-5-12(2)8-15(7-11)16(17)10-18-9-13(3)6-14(18)4/h5,7-8,13-14,16H,6,9-10,17H2,1-4H3. The molecule has 2 N–H and O–H groups in total. The zero-order valence-corrected chi connectivity index (χ0v) is 12.1. The highest BCUT2D eigenvalue weighted by molar-refractivity contribution is 5.30. The van der Waals surface area contributed by atoms with Gasteiger partial charge in [0.25, 0.3) is 0 Å². The highest BCUT2D eigenvalue weighted by Crippen LogP contribution is 2.25. The molecule has 2 nitrogen and oxygen atoms in total. The number of nitrogens with two attached hydrogens (primary N) is 1. The summed E-state index contributed by atoms with van der Waals surface area (Å²) in [6.07, 6.45) is 1.31. The average molecular weight is 246 g/mol. The van der Waals surface area contributed by atoms with Crippen molar-refractivity contribution in [3.05, 3.63) is 34.9 Å². The number of hydrogen-bond acceptors (Lipinski definition) is 2. The van der Waals surface area contributed by atoms with Gasteiger partial charge in [-0.05, 0) is 38.7 Å². The minimum Gasteiger partial charge on any atom is -0.323 e. The molecule has 0 saturated carbocycles. The summed E-state index contributed by atoms with van der Waals surface area (Å²) in [5.41, 5.74) is 10.3. The largest absolute Gasteiger partial charge is 0.323 e. The number of rotatable bonds is 3. The van der Waals surface area contributed by atoms with Gasteiger partial charge in [0.2, 0.25) is 0 Å². The summed E-state index contributed by atoms with van der Waals surface area (Å²) in [4.78, 5) is 2.53. The van der Waals surface area contributed by atoms with Crippen molar-refractivity contribution < 1.29 is 0 Å². The molecule has 0 radical (unpaired) electrons. The summed E-state index contributed by atoms with van der Waals surface area (Å²) in [6.45, 7) is 11.1. The Morgan fingerprint density at radius 1 is 1.22 bits per heavy atom. The summed E-state index contributed by atoms with van der Waals surface area (Å²) in [7, 11) is 0. The van der Waals surface area contributed by atoms with Crippen molar-refractivity contribution >= 4 is 0 Å². The SMILES string of the molecule is Cc1cc(C)cc(C(N)CN2CC(C)CC2C)c1. The molecule has 2 rings (SSSR count). The summed E-state index contributed by atoms with van der Waals surface area (Å²) in [5, 5.41) is 0. The van der Waals surface area contributed by atoms with Gasteiger partial charge in [-0.2, -0.15) is 0 Å². The van der Waals surface area contributed by atoms with Crippen molar-refractivity contribution in [2.24, 2.45) is 11.7 Å². The van der Waals surface area contributed by atoms with Crippen LogP contribution in [0.25, 0.3) is 0 Å². The molecule has 0 aliphatic carbocycles. The van der Waals surface area contributed by atoms with Crippen LogP contribution < -0.4 is 5.73 Å². The topological polar surface area (TPSA) is 29.3 Å². The van der Waals surface area contributed by atoms with Gasteiger partial charge in [0.05, 0.1) is 0 Å². The van der Waals surface area contributed by atoms with E-state index in [2.05, 4.69) is 50.8 Å². The van der Waals surface area contributed by atoms with Crippen molar-refractivity contribution in [3.63, 3.8) is 0 Å². The van der Waals surface area contributed by atoms with Gasteiger partial charge in [0.1, 0.15) is 0 Å². The van der Waals surface area contributed by atoms with Gasteiger partial charge in [0.15, 0.2) is 0 Å². The smallest absolute Gasteiger partial charge is 0.0424 e. The van der Waals surface area contributed by atoms with E-state index in [1.54, 1.807) is 0 Å². The fourth-order valence-electron chi connectivity index (χ4n) is 3.22. The van der Waals surface area contributed by atoms with Crippen LogP contribution >= 0.6 is 0 Å². The molecule has 1 fully saturated rings. The van der Waals surface area contributed by atoms with Gasteiger partial charge < -0.3 is 5.73 Å². The van der Waals surface area contributed by atoms with E-state index in [-0.39, 0.29) is 6.04 Å². The predicted octanol–water partition coefficient (Wildman–Crippen LogP) is 3.03. The average Bonchev–Trinajstić information content (AvgIpc) is 2.56. The lowest BCUT2D eigenvalue weighted by atomic mass is 10.0. The normalized spacial score (nSPS) is 26.5. The Labute approximate surface area is 111 Å². The highest BCUT2D eigenvalue weighted by Gasteiger charge is 2.27. The van der Waals surface area contributed by atoms with E-state index < -0.39 is 0 Å². The number of aryl methyl sites for hydroxylation is 2. The first kappa shape index (κ1) is 13.6. The maximum atomic E-state index is 6.38. The van der Waals surface area contributed by atoms with E-state index in [0.717, 1.165) is 12.5 Å². The zero-order valence-electron chi connectivity index (χ0n) is 12.1. The van der Waals surface area contributed by atoms with Gasteiger partial charge in [-0.15, -0.1) is 0 Å². The Morgan fingerprint density at radius 3 is 2.33 bits per heavy atom. The Hall–Kier alpha value is -0.860. The van der Waals surface area contributed by atoms with Crippen LogP contribution in [-0.2, 0) is 0 Å². The molecule has 0 aromatic heterocycles. The maximum Gasteiger partial charge on any atom is 0.0424 e. The third kappa shape index (κ3) is 3.12. The van der Waals surface area contributed by atoms with Gasteiger partial charge >= 0.3 is 0 Å². The van der Waals surface area contributed by atoms with E-state index in [0.29, 0.717) is 6.04 Å². The Morgan fingerprint density at radius 2 is 1.83 bits per heavy atom. The van der Waals surface area contributed by atoms with E-state index in [9.17, 15) is 0 Å². The minimum absolute atomic E-state index is 0.136. The molecule has 0 bridgehead atoms. The van der Waals surface area contributed by atoms with Crippen LogP contribution in [0.1, 0.15) is 43.0 Å². The second-order valence-corrected chi connectivity index (χ2v) is 6.17. The molecule has 3 atom stereocenters. The molecule has 0 amide bonds. The number of likely N-dealkylation sites (tertiary alicyclic amines) is 1. The molecule has 1 aromatic carbocycles. The Bertz CT molecular complexity index is 393. The number of hydrogen-bond donors (Lipinski definition) is 1. The predicted molar refractivity (Wildman–Crippen MR) is 77.7 cm³/mol. The molecule has 100 valence electrons. The first-order chi connectivity index (χ1) is 8.45. The summed E-state index contributed by atoms with van der Waals surface area (Å²) in [5.74, 6) is 0.812. The summed E-state index contributed by atoms with van der Waals surface area (Å²) in [6, 6.07) is 7.47. The molecule has 3 unspecified atom stereocenters. The molecular formula is C16H26N2. The molecular weight excluding hydrogens is 220 g/mol. The monoisotopic (exact) mass is 246 g/mol. The van der Waals surface area contributed by atoms with Crippen LogP contribution in [0.15, 0.2) is 18.2 Å². The second-order valence-electron chi connectivity index (χ2n) is 6.17. The number of benzene rings is 1. The van der Waals surface area contributed by atoms with Gasteiger partial charge in [-0.1, -0.05) is 36.2 Å². The van der Waals surface area contributed by atoms with Crippen LogP contribution in [-0.4, -0.2) is 24.0 Å². The molecule has 1 heterocycles. The molecule has 18 heavy (non-hydrogen) atoms. The van der Waals surface area contributed by atoms with E-state index in [1.807, 2.05) is 0 Å². The lowest BCUT2D eigenvalue weighted by molar-refractivity contribution is 0.249. The van der Waals surface area contributed by atoms with Crippen LogP contribution in [0.2, 0.25) is 0 Å². The second kappa shape index (κ2) is 5.41. The van der Waals surface area contributed by atoms with E-state index in [4.69, 9.17) is 5.73 Å². The van der Waals surface area contributed by atoms with Crippen molar-refractivity contribution in [2.45, 2.75) is 46.2 Å². The summed E-state index contributed by atoms with van der Waals surface area (Å²) < 4.78 is 0. The van der Waals surface area contributed by atoms with Crippen LogP contribution in [0.5, 0.6) is 0 Å².